The molecule has 0 amide bonds. The van der Waals surface area contributed by atoms with E-state index in [9.17, 15) is 0 Å². The van der Waals surface area contributed by atoms with Gasteiger partial charge in [-0.15, -0.1) is 24.8 Å². The molecule has 0 atom stereocenters. The Morgan fingerprint density at radius 2 is 1.58 bits per heavy atom. The van der Waals surface area contributed by atoms with Crippen LogP contribution in [-0.4, -0.2) is 50.9 Å². The Labute approximate surface area is 232 Å². The summed E-state index contributed by atoms with van der Waals surface area (Å²) in [6.07, 6.45) is 3.67. The third kappa shape index (κ3) is 5.62. The average molecular weight is 561 g/mol. The van der Waals surface area contributed by atoms with Crippen LogP contribution in [0.1, 0.15) is 5.69 Å². The van der Waals surface area contributed by atoms with Crippen molar-refractivity contribution in [3.05, 3.63) is 66.7 Å². The fraction of sp³-hybridized carbons (Fsp3) is 0.192. The van der Waals surface area contributed by atoms with E-state index in [-0.39, 0.29) is 30.3 Å². The first-order valence-electron chi connectivity index (χ1n) is 11.0. The van der Waals surface area contributed by atoms with Gasteiger partial charge in [0.2, 0.25) is 5.88 Å². The summed E-state index contributed by atoms with van der Waals surface area (Å²) in [6, 6.07) is 15.6. The Morgan fingerprint density at radius 1 is 0.868 bits per heavy atom. The molecule has 5 rings (SSSR count). The SMILES string of the molecule is COc1cc(OC)cc(-c2nc3c(Nc4ccc(-n5cnc(C)c5)c(OC)n4)cccc3n2C)c1.Cl.Cl.O. The van der Waals surface area contributed by atoms with E-state index in [1.807, 2.05) is 77.8 Å². The number of aryl methyl sites for hydroxylation is 2. The number of fused-ring (bicyclic) bond motifs is 1. The predicted octanol–water partition coefficient (Wildman–Crippen LogP) is 4.92. The molecule has 0 spiro atoms. The van der Waals surface area contributed by atoms with Crippen LogP contribution in [0.25, 0.3) is 28.1 Å². The van der Waals surface area contributed by atoms with Crippen LogP contribution in [0.4, 0.5) is 11.5 Å². The average Bonchev–Trinajstić information content (AvgIpc) is 3.47. The van der Waals surface area contributed by atoms with Gasteiger partial charge in [0.1, 0.15) is 34.3 Å². The van der Waals surface area contributed by atoms with Gasteiger partial charge in [0.15, 0.2) is 0 Å². The molecule has 0 unspecified atom stereocenters. The van der Waals surface area contributed by atoms with Crippen LogP contribution in [0.3, 0.4) is 0 Å². The largest absolute Gasteiger partial charge is 0.497 e. The number of hydrogen-bond donors (Lipinski definition) is 1. The van der Waals surface area contributed by atoms with Gasteiger partial charge in [-0.3, -0.25) is 0 Å². The monoisotopic (exact) mass is 560 g/mol. The van der Waals surface area contributed by atoms with Gasteiger partial charge in [0.05, 0.1) is 44.6 Å². The lowest BCUT2D eigenvalue weighted by atomic mass is 10.2. The molecule has 3 heterocycles. The number of anilines is 2. The molecule has 202 valence electrons. The molecule has 0 radical (unpaired) electrons. The van der Waals surface area contributed by atoms with Gasteiger partial charge in [-0.1, -0.05) is 6.07 Å². The topological polar surface area (TPSA) is 120 Å². The zero-order chi connectivity index (χ0) is 24.5. The molecule has 10 nitrogen and oxygen atoms in total. The van der Waals surface area contributed by atoms with Crippen LogP contribution in [0.5, 0.6) is 17.4 Å². The minimum atomic E-state index is 0. The molecule has 38 heavy (non-hydrogen) atoms. The molecular formula is C26H30Cl2N6O4. The highest BCUT2D eigenvalue weighted by atomic mass is 35.5. The molecular weight excluding hydrogens is 531 g/mol. The van der Waals surface area contributed by atoms with Crippen molar-refractivity contribution in [2.45, 2.75) is 6.92 Å². The van der Waals surface area contributed by atoms with Crippen LogP contribution >= 0.6 is 24.8 Å². The smallest absolute Gasteiger partial charge is 0.240 e. The van der Waals surface area contributed by atoms with Gasteiger partial charge in [-0.2, -0.15) is 4.98 Å². The fourth-order valence-electron chi connectivity index (χ4n) is 4.05. The molecule has 5 aromatic rings. The molecule has 2 aromatic carbocycles. The molecule has 3 N–H and O–H groups in total. The van der Waals surface area contributed by atoms with Crippen molar-refractivity contribution in [3.63, 3.8) is 0 Å². The van der Waals surface area contributed by atoms with Crippen molar-refractivity contribution < 1.29 is 19.7 Å². The highest BCUT2D eigenvalue weighted by Gasteiger charge is 2.16. The Balaban J connectivity index is 0.00000169. The number of ether oxygens (including phenoxy) is 3. The lowest BCUT2D eigenvalue weighted by Crippen LogP contribution is -2.01. The number of imidazole rings is 2. The van der Waals surface area contributed by atoms with Crippen molar-refractivity contribution in [1.82, 2.24) is 24.1 Å². The summed E-state index contributed by atoms with van der Waals surface area (Å²) >= 11 is 0. The first kappa shape index (κ1) is 30.2. The Bertz CT molecular complexity index is 1510. The van der Waals surface area contributed by atoms with Crippen LogP contribution < -0.4 is 19.5 Å². The first-order valence-corrected chi connectivity index (χ1v) is 11.0. The molecule has 0 fully saturated rings. The van der Waals surface area contributed by atoms with Crippen LogP contribution in [0.15, 0.2) is 61.1 Å². The van der Waals surface area contributed by atoms with Gasteiger partial charge < -0.3 is 34.1 Å². The van der Waals surface area contributed by atoms with E-state index in [2.05, 4.69) is 15.3 Å². The molecule has 0 aliphatic heterocycles. The molecule has 12 heteroatoms. The normalized spacial score (nSPS) is 10.1. The van der Waals surface area contributed by atoms with Gasteiger partial charge in [-0.25, -0.2) is 9.97 Å². The molecule has 0 saturated carbocycles. The van der Waals surface area contributed by atoms with Crippen molar-refractivity contribution >= 4 is 47.4 Å². The number of hydrogen-bond acceptors (Lipinski definition) is 7. The summed E-state index contributed by atoms with van der Waals surface area (Å²) in [4.78, 5) is 13.9. The zero-order valence-corrected chi connectivity index (χ0v) is 23.2. The van der Waals surface area contributed by atoms with Crippen molar-refractivity contribution in [1.29, 1.82) is 0 Å². The van der Waals surface area contributed by atoms with Crippen LogP contribution in [0, 0.1) is 6.92 Å². The van der Waals surface area contributed by atoms with Crippen LogP contribution in [0.2, 0.25) is 0 Å². The maximum atomic E-state index is 5.56. The van der Waals surface area contributed by atoms with E-state index in [1.165, 1.54) is 0 Å². The summed E-state index contributed by atoms with van der Waals surface area (Å²) in [7, 11) is 6.86. The van der Waals surface area contributed by atoms with Crippen molar-refractivity contribution in [2.75, 3.05) is 26.6 Å². The van der Waals surface area contributed by atoms with Crippen LogP contribution in [-0.2, 0) is 7.05 Å². The highest BCUT2D eigenvalue weighted by Crippen LogP contribution is 2.34. The molecule has 3 aromatic heterocycles. The zero-order valence-electron chi connectivity index (χ0n) is 21.6. The van der Waals surface area contributed by atoms with E-state index in [0.717, 1.165) is 39.5 Å². The van der Waals surface area contributed by atoms with Crippen molar-refractivity contribution in [3.8, 4) is 34.5 Å². The fourth-order valence-corrected chi connectivity index (χ4v) is 4.05. The Hall–Kier alpha value is -3.99. The summed E-state index contributed by atoms with van der Waals surface area (Å²) in [5.41, 5.74) is 5.25. The predicted molar refractivity (Wildman–Crippen MR) is 153 cm³/mol. The number of nitrogens with one attached hydrogen (secondary N) is 1. The van der Waals surface area contributed by atoms with E-state index >= 15 is 0 Å². The number of rotatable bonds is 7. The van der Waals surface area contributed by atoms with Crippen molar-refractivity contribution in [2.24, 2.45) is 7.05 Å². The number of pyridine rings is 1. The lowest BCUT2D eigenvalue weighted by molar-refractivity contribution is 0.394. The number of para-hydroxylation sites is 1. The highest BCUT2D eigenvalue weighted by molar-refractivity contribution is 5.93. The molecule has 0 aliphatic rings. The number of benzene rings is 2. The van der Waals surface area contributed by atoms with E-state index < -0.39 is 0 Å². The maximum absolute atomic E-state index is 5.56. The molecule has 0 bridgehead atoms. The molecule has 0 aliphatic carbocycles. The standard InChI is InChI=1S/C26H26N6O3.2ClH.H2O/c1-16-14-32(15-27-16)22-9-10-23(29-26(22)35-5)28-20-7-6-8-21-24(20)30-25(31(21)2)17-11-18(33-3)13-19(12-17)34-4;;;/h6-15H,1-5H3,(H,28,29);2*1H;1H2. The second kappa shape index (κ2) is 12.5. The summed E-state index contributed by atoms with van der Waals surface area (Å²) in [5, 5.41) is 3.40. The lowest BCUT2D eigenvalue weighted by Gasteiger charge is -2.11. The third-order valence-corrected chi connectivity index (χ3v) is 5.81. The number of methoxy groups -OCH3 is 3. The maximum Gasteiger partial charge on any atom is 0.240 e. The summed E-state index contributed by atoms with van der Waals surface area (Å²) in [5.74, 6) is 3.33. The quantitative estimate of drug-likeness (QED) is 0.300. The minimum Gasteiger partial charge on any atom is -0.497 e. The van der Waals surface area contributed by atoms with E-state index in [4.69, 9.17) is 19.2 Å². The van der Waals surface area contributed by atoms with E-state index in [1.54, 1.807) is 27.7 Å². The third-order valence-electron chi connectivity index (χ3n) is 5.81. The van der Waals surface area contributed by atoms with Gasteiger partial charge in [0, 0.05) is 24.9 Å². The Morgan fingerprint density at radius 3 is 2.18 bits per heavy atom. The number of halogens is 2. The first-order chi connectivity index (χ1) is 17.0. The van der Waals surface area contributed by atoms with Gasteiger partial charge in [0.25, 0.3) is 0 Å². The van der Waals surface area contributed by atoms with E-state index in [0.29, 0.717) is 23.2 Å². The Kier molecular flexibility index (Phi) is 9.95. The second-order valence-corrected chi connectivity index (χ2v) is 8.04. The summed E-state index contributed by atoms with van der Waals surface area (Å²) < 4.78 is 20.4. The minimum absolute atomic E-state index is 0. The molecule has 0 saturated heterocycles. The number of aromatic nitrogens is 5. The van der Waals surface area contributed by atoms with Gasteiger partial charge >= 0.3 is 0 Å². The number of nitrogens with zero attached hydrogens (tertiary/aromatic N) is 5. The van der Waals surface area contributed by atoms with Gasteiger partial charge in [-0.05, 0) is 43.3 Å². The summed E-state index contributed by atoms with van der Waals surface area (Å²) in [6.45, 7) is 1.94. The second-order valence-electron chi connectivity index (χ2n) is 8.04.